The molecular formula is C11H15ClO2. The Labute approximate surface area is 89.5 Å². The van der Waals surface area contributed by atoms with Crippen LogP contribution in [0, 0.1) is 0 Å². The highest BCUT2D eigenvalue weighted by Gasteiger charge is 2.07. The Morgan fingerprint density at radius 3 is 2.36 bits per heavy atom. The first-order chi connectivity index (χ1) is 6.50. The molecule has 0 radical (unpaired) electrons. The summed E-state index contributed by atoms with van der Waals surface area (Å²) in [5.41, 5.74) is 0.797. The van der Waals surface area contributed by atoms with E-state index in [1.807, 2.05) is 19.9 Å². The minimum Gasteiger partial charge on any atom is -0.489 e. The van der Waals surface area contributed by atoms with Crippen molar-refractivity contribution in [3.05, 3.63) is 28.8 Å². The molecule has 1 aromatic carbocycles. The van der Waals surface area contributed by atoms with Gasteiger partial charge in [0, 0.05) is 0 Å². The fourth-order valence-corrected chi connectivity index (χ4v) is 1.36. The lowest BCUT2D eigenvalue weighted by Crippen LogP contribution is -2.06. The summed E-state index contributed by atoms with van der Waals surface area (Å²) in [6, 6.07) is 5.32. The van der Waals surface area contributed by atoms with E-state index < -0.39 is 6.10 Å². The van der Waals surface area contributed by atoms with E-state index in [-0.39, 0.29) is 6.10 Å². The van der Waals surface area contributed by atoms with Crippen LogP contribution in [0.2, 0.25) is 5.02 Å². The largest absolute Gasteiger partial charge is 0.489 e. The maximum absolute atomic E-state index is 9.32. The van der Waals surface area contributed by atoms with Crippen molar-refractivity contribution in [1.29, 1.82) is 0 Å². The summed E-state index contributed by atoms with van der Waals surface area (Å²) >= 11 is 5.98. The monoisotopic (exact) mass is 214 g/mol. The number of hydrogen-bond donors (Lipinski definition) is 1. The maximum Gasteiger partial charge on any atom is 0.138 e. The Hall–Kier alpha value is -0.730. The van der Waals surface area contributed by atoms with Gasteiger partial charge in [0.15, 0.2) is 0 Å². The van der Waals surface area contributed by atoms with Gasteiger partial charge in [0.1, 0.15) is 5.75 Å². The zero-order valence-electron chi connectivity index (χ0n) is 8.62. The van der Waals surface area contributed by atoms with Gasteiger partial charge in [-0.3, -0.25) is 0 Å². The molecule has 0 aliphatic heterocycles. The number of halogens is 1. The van der Waals surface area contributed by atoms with E-state index in [0.29, 0.717) is 10.8 Å². The Morgan fingerprint density at radius 1 is 1.29 bits per heavy atom. The van der Waals surface area contributed by atoms with Crippen molar-refractivity contribution in [3.63, 3.8) is 0 Å². The normalized spacial score (nSPS) is 13.0. The molecule has 3 heteroatoms. The number of aliphatic hydroxyl groups is 1. The number of ether oxygens (including phenoxy) is 1. The molecule has 0 aromatic heterocycles. The van der Waals surface area contributed by atoms with Gasteiger partial charge in [-0.05, 0) is 38.5 Å². The molecule has 1 rings (SSSR count). The number of aliphatic hydroxyl groups excluding tert-OH is 1. The second kappa shape index (κ2) is 4.67. The summed E-state index contributed by atoms with van der Waals surface area (Å²) in [4.78, 5) is 0. The van der Waals surface area contributed by atoms with Gasteiger partial charge in [0.05, 0.1) is 17.2 Å². The SMILES string of the molecule is CC(C)Oc1ccc([C@@H](C)O)cc1Cl. The number of rotatable bonds is 3. The van der Waals surface area contributed by atoms with Gasteiger partial charge in [-0.25, -0.2) is 0 Å². The van der Waals surface area contributed by atoms with E-state index in [1.165, 1.54) is 0 Å². The number of hydrogen-bond acceptors (Lipinski definition) is 2. The zero-order chi connectivity index (χ0) is 10.7. The van der Waals surface area contributed by atoms with Crippen LogP contribution in [-0.4, -0.2) is 11.2 Å². The number of benzene rings is 1. The van der Waals surface area contributed by atoms with Gasteiger partial charge < -0.3 is 9.84 Å². The zero-order valence-corrected chi connectivity index (χ0v) is 9.38. The summed E-state index contributed by atoms with van der Waals surface area (Å²) in [6.45, 7) is 5.59. The van der Waals surface area contributed by atoms with Crippen molar-refractivity contribution in [3.8, 4) is 5.75 Å². The molecular weight excluding hydrogens is 200 g/mol. The molecule has 0 saturated carbocycles. The molecule has 14 heavy (non-hydrogen) atoms. The summed E-state index contributed by atoms with van der Waals surface area (Å²) in [5, 5.41) is 9.86. The molecule has 0 aliphatic carbocycles. The van der Waals surface area contributed by atoms with Crippen LogP contribution in [0.5, 0.6) is 5.75 Å². The summed E-state index contributed by atoms with van der Waals surface area (Å²) in [7, 11) is 0. The first kappa shape index (κ1) is 11.3. The lowest BCUT2D eigenvalue weighted by atomic mass is 10.1. The predicted molar refractivity (Wildman–Crippen MR) is 57.8 cm³/mol. The van der Waals surface area contributed by atoms with E-state index in [9.17, 15) is 5.11 Å². The Kier molecular flexibility index (Phi) is 3.78. The van der Waals surface area contributed by atoms with E-state index in [0.717, 1.165) is 5.56 Å². The van der Waals surface area contributed by atoms with Crippen LogP contribution in [0.15, 0.2) is 18.2 Å². The second-order valence-corrected chi connectivity index (χ2v) is 3.94. The second-order valence-electron chi connectivity index (χ2n) is 3.53. The van der Waals surface area contributed by atoms with Gasteiger partial charge in [0.25, 0.3) is 0 Å². The average Bonchev–Trinajstić information content (AvgIpc) is 2.07. The van der Waals surface area contributed by atoms with Crippen molar-refractivity contribution in [2.75, 3.05) is 0 Å². The highest BCUT2D eigenvalue weighted by molar-refractivity contribution is 6.32. The van der Waals surface area contributed by atoms with Gasteiger partial charge >= 0.3 is 0 Å². The van der Waals surface area contributed by atoms with Gasteiger partial charge in [-0.1, -0.05) is 17.7 Å². The Bertz CT molecular complexity index is 308. The highest BCUT2D eigenvalue weighted by atomic mass is 35.5. The molecule has 0 unspecified atom stereocenters. The minimum absolute atomic E-state index is 0.102. The quantitative estimate of drug-likeness (QED) is 0.838. The molecule has 0 amide bonds. The minimum atomic E-state index is -0.499. The van der Waals surface area contributed by atoms with Crippen LogP contribution >= 0.6 is 11.6 Å². The summed E-state index contributed by atoms with van der Waals surface area (Å²) in [5.74, 6) is 0.658. The van der Waals surface area contributed by atoms with Crippen molar-refractivity contribution < 1.29 is 9.84 Å². The summed E-state index contributed by atoms with van der Waals surface area (Å²) in [6.07, 6.45) is -0.398. The van der Waals surface area contributed by atoms with Crippen molar-refractivity contribution in [2.24, 2.45) is 0 Å². The molecule has 0 saturated heterocycles. The molecule has 2 nitrogen and oxygen atoms in total. The first-order valence-corrected chi connectivity index (χ1v) is 5.02. The van der Waals surface area contributed by atoms with E-state index in [4.69, 9.17) is 16.3 Å². The van der Waals surface area contributed by atoms with E-state index in [1.54, 1.807) is 19.1 Å². The van der Waals surface area contributed by atoms with E-state index >= 15 is 0 Å². The van der Waals surface area contributed by atoms with Gasteiger partial charge in [0.2, 0.25) is 0 Å². The molecule has 0 heterocycles. The third-order valence-electron chi connectivity index (χ3n) is 1.80. The molecule has 1 N–H and O–H groups in total. The van der Waals surface area contributed by atoms with E-state index in [2.05, 4.69) is 0 Å². The molecule has 0 fully saturated rings. The van der Waals surface area contributed by atoms with Crippen LogP contribution in [0.1, 0.15) is 32.4 Å². The van der Waals surface area contributed by atoms with Crippen molar-refractivity contribution in [1.82, 2.24) is 0 Å². The molecule has 0 aliphatic rings. The third-order valence-corrected chi connectivity index (χ3v) is 2.10. The van der Waals surface area contributed by atoms with Gasteiger partial charge in [-0.2, -0.15) is 0 Å². The smallest absolute Gasteiger partial charge is 0.138 e. The third kappa shape index (κ3) is 2.89. The lowest BCUT2D eigenvalue weighted by molar-refractivity contribution is 0.199. The first-order valence-electron chi connectivity index (χ1n) is 4.65. The maximum atomic E-state index is 9.32. The average molecular weight is 215 g/mol. The van der Waals surface area contributed by atoms with Crippen LogP contribution < -0.4 is 4.74 Å². The standard InChI is InChI=1S/C11H15ClO2/c1-7(2)14-11-5-4-9(8(3)13)6-10(11)12/h4-8,13H,1-3H3/t8-/m1/s1. The van der Waals surface area contributed by atoms with Crippen LogP contribution in [-0.2, 0) is 0 Å². The molecule has 0 bridgehead atoms. The fourth-order valence-electron chi connectivity index (χ4n) is 1.13. The van der Waals surface area contributed by atoms with Crippen LogP contribution in [0.3, 0.4) is 0 Å². The summed E-state index contributed by atoms with van der Waals surface area (Å²) < 4.78 is 5.47. The molecule has 0 spiro atoms. The molecule has 1 atom stereocenters. The van der Waals surface area contributed by atoms with Crippen molar-refractivity contribution >= 4 is 11.6 Å². The van der Waals surface area contributed by atoms with Crippen LogP contribution in [0.25, 0.3) is 0 Å². The van der Waals surface area contributed by atoms with Crippen LogP contribution in [0.4, 0.5) is 0 Å². The highest BCUT2D eigenvalue weighted by Crippen LogP contribution is 2.28. The Morgan fingerprint density at radius 2 is 1.93 bits per heavy atom. The topological polar surface area (TPSA) is 29.5 Å². The Balaban J connectivity index is 2.90. The van der Waals surface area contributed by atoms with Crippen molar-refractivity contribution in [2.45, 2.75) is 33.0 Å². The fraction of sp³-hybridized carbons (Fsp3) is 0.455. The molecule has 78 valence electrons. The van der Waals surface area contributed by atoms with Gasteiger partial charge in [-0.15, -0.1) is 0 Å². The molecule has 1 aromatic rings. The predicted octanol–water partition coefficient (Wildman–Crippen LogP) is 3.18. The lowest BCUT2D eigenvalue weighted by Gasteiger charge is -2.13.